The van der Waals surface area contributed by atoms with Gasteiger partial charge in [0.1, 0.15) is 22.9 Å². The molecule has 0 aliphatic carbocycles. The Morgan fingerprint density at radius 1 is 1.09 bits per heavy atom. The molecule has 3 aromatic rings. The first-order valence-electron chi connectivity index (χ1n) is 10.5. The second-order valence-electron chi connectivity index (χ2n) is 7.42. The van der Waals surface area contributed by atoms with E-state index in [1.807, 2.05) is 18.2 Å². The van der Waals surface area contributed by atoms with Crippen molar-refractivity contribution in [2.75, 3.05) is 54.2 Å². The number of nitrogens with zero attached hydrogens (tertiary/aromatic N) is 5. The molecular weight excluding hydrogens is 436 g/mol. The Balaban J connectivity index is 1.29. The third kappa shape index (κ3) is 5.93. The third-order valence-electron chi connectivity index (χ3n) is 5.30. The number of anilines is 3. The van der Waals surface area contributed by atoms with Gasteiger partial charge in [-0.3, -0.25) is 4.79 Å². The van der Waals surface area contributed by atoms with E-state index >= 15 is 0 Å². The van der Waals surface area contributed by atoms with E-state index in [1.54, 1.807) is 37.7 Å². The Morgan fingerprint density at radius 2 is 1.85 bits per heavy atom. The van der Waals surface area contributed by atoms with E-state index in [0.717, 1.165) is 42.8 Å². The van der Waals surface area contributed by atoms with E-state index in [0.29, 0.717) is 11.3 Å². The van der Waals surface area contributed by atoms with Crippen molar-refractivity contribution in [1.82, 2.24) is 9.97 Å². The van der Waals surface area contributed by atoms with Gasteiger partial charge in [0.2, 0.25) is 5.91 Å². The lowest BCUT2D eigenvalue weighted by molar-refractivity contribution is -0.113. The number of hydrogen-bond acceptors (Lipinski definition) is 8. The number of carbonyl (C=O) groups is 1. The number of carbonyl (C=O) groups excluding carboxylic acids is 1. The van der Waals surface area contributed by atoms with Crippen molar-refractivity contribution >= 4 is 34.9 Å². The number of ether oxygens (including phenoxy) is 1. The smallest absolute Gasteiger partial charge is 0.234 e. The highest BCUT2D eigenvalue weighted by Crippen LogP contribution is 2.24. The summed E-state index contributed by atoms with van der Waals surface area (Å²) in [6, 6.07) is 19.0. The number of nitrogens with one attached hydrogen (secondary N) is 1. The fraction of sp³-hybridized carbons (Fsp3) is 0.250. The molecule has 168 valence electrons. The van der Waals surface area contributed by atoms with Gasteiger partial charge >= 0.3 is 0 Å². The number of amides is 1. The molecule has 1 aromatic heterocycles. The predicted octanol–water partition coefficient (Wildman–Crippen LogP) is 3.41. The number of hydrogen-bond donors (Lipinski definition) is 1. The highest BCUT2D eigenvalue weighted by molar-refractivity contribution is 7.99. The van der Waals surface area contributed by atoms with Gasteiger partial charge in [-0.1, -0.05) is 17.8 Å². The van der Waals surface area contributed by atoms with Crippen LogP contribution in [0.25, 0.3) is 0 Å². The Kier molecular flexibility index (Phi) is 7.27. The van der Waals surface area contributed by atoms with Gasteiger partial charge in [-0.05, 0) is 42.5 Å². The zero-order valence-corrected chi connectivity index (χ0v) is 19.1. The molecule has 4 rings (SSSR count). The van der Waals surface area contributed by atoms with Crippen LogP contribution >= 0.6 is 11.8 Å². The fourth-order valence-electron chi connectivity index (χ4n) is 3.57. The lowest BCUT2D eigenvalue weighted by Crippen LogP contribution is -2.46. The van der Waals surface area contributed by atoms with E-state index in [-0.39, 0.29) is 11.7 Å². The van der Waals surface area contributed by atoms with Gasteiger partial charge < -0.3 is 19.9 Å². The zero-order valence-electron chi connectivity index (χ0n) is 18.3. The molecule has 1 saturated heterocycles. The second kappa shape index (κ2) is 10.7. The largest absolute Gasteiger partial charge is 0.497 e. The van der Waals surface area contributed by atoms with Gasteiger partial charge in [-0.2, -0.15) is 5.26 Å². The Bertz CT molecular complexity index is 1140. The maximum atomic E-state index is 12.3. The number of rotatable bonds is 7. The van der Waals surface area contributed by atoms with Crippen LogP contribution in [-0.2, 0) is 4.79 Å². The van der Waals surface area contributed by atoms with Crippen molar-refractivity contribution in [3.8, 4) is 11.8 Å². The van der Waals surface area contributed by atoms with Crippen molar-refractivity contribution in [2.45, 2.75) is 5.03 Å². The highest BCUT2D eigenvalue weighted by Gasteiger charge is 2.19. The average molecular weight is 461 g/mol. The molecule has 0 unspecified atom stereocenters. The predicted molar refractivity (Wildman–Crippen MR) is 130 cm³/mol. The zero-order chi connectivity index (χ0) is 23.0. The molecule has 33 heavy (non-hydrogen) atoms. The molecule has 2 aromatic carbocycles. The molecular formula is C24H24N6O2S. The van der Waals surface area contributed by atoms with Crippen molar-refractivity contribution < 1.29 is 9.53 Å². The van der Waals surface area contributed by atoms with Crippen molar-refractivity contribution in [3.05, 3.63) is 66.5 Å². The van der Waals surface area contributed by atoms with Crippen LogP contribution in [0.2, 0.25) is 0 Å². The summed E-state index contributed by atoms with van der Waals surface area (Å²) in [6.45, 7) is 3.48. The Morgan fingerprint density at radius 3 is 2.58 bits per heavy atom. The summed E-state index contributed by atoms with van der Waals surface area (Å²) in [5.74, 6) is 1.79. The summed E-state index contributed by atoms with van der Waals surface area (Å²) in [6.07, 6.45) is 1.54. The van der Waals surface area contributed by atoms with Crippen LogP contribution < -0.4 is 19.9 Å². The standard InChI is InChI=1S/C24H24N6O2S/c1-32-21-7-5-20(6-8-21)29-9-11-30(12-10-29)22-14-24(27-17-26-22)33-16-23(31)28-19-4-2-3-18(13-19)15-25/h2-8,13-14,17H,9-12,16H2,1H3,(H,28,31). The van der Waals surface area contributed by atoms with Crippen molar-refractivity contribution in [1.29, 1.82) is 5.26 Å². The molecule has 0 spiro atoms. The van der Waals surface area contributed by atoms with Gasteiger partial charge in [-0.25, -0.2) is 9.97 Å². The molecule has 0 saturated carbocycles. The lowest BCUT2D eigenvalue weighted by atomic mass is 10.2. The maximum absolute atomic E-state index is 12.3. The molecule has 2 heterocycles. The van der Waals surface area contributed by atoms with E-state index in [9.17, 15) is 4.79 Å². The van der Waals surface area contributed by atoms with Crippen LogP contribution in [0.15, 0.2) is 66.0 Å². The lowest BCUT2D eigenvalue weighted by Gasteiger charge is -2.36. The maximum Gasteiger partial charge on any atom is 0.234 e. The second-order valence-corrected chi connectivity index (χ2v) is 8.41. The third-order valence-corrected chi connectivity index (χ3v) is 6.22. The van der Waals surface area contributed by atoms with E-state index < -0.39 is 0 Å². The van der Waals surface area contributed by atoms with Gasteiger partial charge in [-0.15, -0.1) is 0 Å². The van der Waals surface area contributed by atoms with Crippen molar-refractivity contribution in [2.24, 2.45) is 0 Å². The summed E-state index contributed by atoms with van der Waals surface area (Å²) in [5.41, 5.74) is 2.30. The molecule has 0 atom stereocenters. The van der Waals surface area contributed by atoms with Crippen LogP contribution in [0.4, 0.5) is 17.2 Å². The number of methoxy groups -OCH3 is 1. The van der Waals surface area contributed by atoms with E-state index in [1.165, 1.54) is 17.4 Å². The first kappa shape index (κ1) is 22.4. The molecule has 1 aliphatic rings. The van der Waals surface area contributed by atoms with Crippen LogP contribution in [0.1, 0.15) is 5.56 Å². The molecule has 8 nitrogen and oxygen atoms in total. The van der Waals surface area contributed by atoms with Crippen molar-refractivity contribution in [3.63, 3.8) is 0 Å². The molecule has 0 radical (unpaired) electrons. The topological polar surface area (TPSA) is 94.4 Å². The normalized spacial score (nSPS) is 13.3. The Labute approximate surface area is 197 Å². The van der Waals surface area contributed by atoms with Crippen LogP contribution in [-0.4, -0.2) is 54.9 Å². The van der Waals surface area contributed by atoms with Crippen LogP contribution in [0.5, 0.6) is 5.75 Å². The molecule has 0 bridgehead atoms. The molecule has 1 aliphatic heterocycles. The Hall–Kier alpha value is -3.77. The molecule has 1 amide bonds. The quantitative estimate of drug-likeness (QED) is 0.423. The fourth-order valence-corrected chi connectivity index (χ4v) is 4.23. The number of aromatic nitrogens is 2. The monoisotopic (exact) mass is 460 g/mol. The summed E-state index contributed by atoms with van der Waals surface area (Å²) in [5, 5.41) is 12.5. The van der Waals surface area contributed by atoms with E-state index in [2.05, 4.69) is 43.3 Å². The van der Waals surface area contributed by atoms with E-state index in [4.69, 9.17) is 10.00 Å². The minimum Gasteiger partial charge on any atom is -0.497 e. The van der Waals surface area contributed by atoms with Gasteiger partial charge in [0.05, 0.1) is 24.5 Å². The summed E-state index contributed by atoms with van der Waals surface area (Å²) < 4.78 is 5.24. The summed E-state index contributed by atoms with van der Waals surface area (Å²) >= 11 is 1.36. The molecule has 9 heteroatoms. The number of thioether (sulfide) groups is 1. The van der Waals surface area contributed by atoms with Crippen LogP contribution in [0, 0.1) is 11.3 Å². The highest BCUT2D eigenvalue weighted by atomic mass is 32.2. The number of piperazine rings is 1. The minimum absolute atomic E-state index is 0.150. The first-order valence-corrected chi connectivity index (χ1v) is 11.5. The van der Waals surface area contributed by atoms with Gasteiger partial charge in [0.25, 0.3) is 0 Å². The summed E-state index contributed by atoms with van der Waals surface area (Å²) in [7, 11) is 1.67. The summed E-state index contributed by atoms with van der Waals surface area (Å²) in [4.78, 5) is 25.6. The number of benzene rings is 2. The number of nitriles is 1. The van der Waals surface area contributed by atoms with Crippen LogP contribution in [0.3, 0.4) is 0 Å². The first-order chi connectivity index (χ1) is 16.1. The minimum atomic E-state index is -0.150. The molecule has 1 fully saturated rings. The van der Waals surface area contributed by atoms with Gasteiger partial charge in [0.15, 0.2) is 0 Å². The average Bonchev–Trinajstić information content (AvgIpc) is 2.88. The van der Waals surface area contributed by atoms with Gasteiger partial charge in [0, 0.05) is 43.6 Å². The molecule has 1 N–H and O–H groups in total. The SMILES string of the molecule is COc1ccc(N2CCN(c3cc(SCC(=O)Nc4cccc(C#N)c4)ncn3)CC2)cc1.